The summed E-state index contributed by atoms with van der Waals surface area (Å²) in [6.07, 6.45) is 3.87. The maximum absolute atomic E-state index is 12.7. The molecule has 3 rings (SSSR count). The number of unbranched alkanes of at least 4 members (excludes halogenated alkanes) is 1. The van der Waals surface area contributed by atoms with Crippen LogP contribution in [0.5, 0.6) is 5.75 Å². The first kappa shape index (κ1) is 26.6. The Hall–Kier alpha value is -1.97. The van der Waals surface area contributed by atoms with E-state index in [4.69, 9.17) is 8.92 Å². The Labute approximate surface area is 207 Å². The summed E-state index contributed by atoms with van der Waals surface area (Å²) in [5.74, 6) is 0.822. The van der Waals surface area contributed by atoms with E-state index in [0.717, 1.165) is 57.0 Å². The van der Waals surface area contributed by atoms with Gasteiger partial charge in [-0.25, -0.2) is 4.79 Å². The fourth-order valence-electron chi connectivity index (χ4n) is 4.15. The van der Waals surface area contributed by atoms with Gasteiger partial charge < -0.3 is 14.5 Å². The third-order valence-corrected chi connectivity index (χ3v) is 8.76. The minimum atomic E-state index is -0.190. The predicted molar refractivity (Wildman–Crippen MR) is 139 cm³/mol. The zero-order chi connectivity index (χ0) is 24.7. The predicted octanol–water partition coefficient (Wildman–Crippen LogP) is 2.84. The van der Waals surface area contributed by atoms with E-state index < -0.39 is 0 Å². The summed E-state index contributed by atoms with van der Waals surface area (Å²) in [7, 11) is 1.71. The zero-order valence-corrected chi connectivity index (χ0v) is 22.2. The molecule has 0 bridgehead atoms. The number of hydrogen-bond acceptors (Lipinski definition) is 6. The Kier molecular flexibility index (Phi) is 9.50. The van der Waals surface area contributed by atoms with Crippen molar-refractivity contribution in [2.45, 2.75) is 38.4 Å². The monoisotopic (exact) mass is 493 g/mol. The topological polar surface area (TPSA) is 65.6 Å². The van der Waals surface area contributed by atoms with Crippen molar-refractivity contribution >= 4 is 28.8 Å². The minimum Gasteiger partial charge on any atom is -0.495 e. The highest BCUT2D eigenvalue weighted by Gasteiger charge is 2.37. The van der Waals surface area contributed by atoms with Gasteiger partial charge in [-0.15, -0.1) is 0 Å². The number of ether oxygens (including phenoxy) is 1. The molecule has 1 aromatic carbocycles. The lowest BCUT2D eigenvalue weighted by Crippen LogP contribution is -2.46. The molecule has 3 amide bonds. The summed E-state index contributed by atoms with van der Waals surface area (Å²) < 4.78 is 11.5. The molecule has 2 aliphatic heterocycles. The molecular formula is C25H41N4O4S+. The number of nitrogens with zero attached hydrogens (tertiary/aromatic N) is 4. The molecule has 2 fully saturated rings. The van der Waals surface area contributed by atoms with Crippen LogP contribution in [0.25, 0.3) is 0 Å². The molecule has 9 heteroatoms. The molecule has 0 aromatic heterocycles. The van der Waals surface area contributed by atoms with Gasteiger partial charge in [0.1, 0.15) is 36.3 Å². The van der Waals surface area contributed by atoms with Crippen LogP contribution in [-0.4, -0.2) is 104 Å². The number of benzene rings is 1. The fourth-order valence-corrected chi connectivity index (χ4v) is 4.82. The lowest BCUT2D eigenvalue weighted by atomic mass is 10.2. The molecule has 0 aliphatic carbocycles. The van der Waals surface area contributed by atoms with Crippen molar-refractivity contribution in [3.63, 3.8) is 0 Å². The van der Waals surface area contributed by atoms with Gasteiger partial charge in [-0.3, -0.25) is 14.6 Å². The molecular weight excluding hydrogens is 452 g/mol. The SMILES string of the molecule is COc1ccccc1N1CCN(CCCCN2C(=O)CN(CCO[S+](C)C(C)(C)C)C2=O)CC1. The Morgan fingerprint density at radius 2 is 1.65 bits per heavy atom. The molecule has 190 valence electrons. The van der Waals surface area contributed by atoms with Crippen LogP contribution in [0.1, 0.15) is 33.6 Å². The first-order valence-corrected chi connectivity index (χ1v) is 13.8. The van der Waals surface area contributed by atoms with Crippen molar-refractivity contribution in [3.8, 4) is 5.75 Å². The molecule has 2 aliphatic rings. The van der Waals surface area contributed by atoms with Crippen LogP contribution in [0.15, 0.2) is 24.3 Å². The molecule has 1 aromatic rings. The maximum atomic E-state index is 12.7. The maximum Gasteiger partial charge on any atom is 0.327 e. The first-order chi connectivity index (χ1) is 16.2. The average molecular weight is 494 g/mol. The minimum absolute atomic E-state index is 0.0813. The molecule has 34 heavy (non-hydrogen) atoms. The number of carbonyl (C=O) groups is 2. The summed E-state index contributed by atoms with van der Waals surface area (Å²) in [6.45, 7) is 12.9. The number of anilines is 1. The second-order valence-corrected chi connectivity index (χ2v) is 12.2. The van der Waals surface area contributed by atoms with Crippen molar-refractivity contribution in [2.75, 3.05) is 77.2 Å². The van der Waals surface area contributed by atoms with E-state index in [0.29, 0.717) is 19.7 Å². The van der Waals surface area contributed by atoms with Gasteiger partial charge >= 0.3 is 6.03 Å². The lowest BCUT2D eigenvalue weighted by Gasteiger charge is -2.36. The molecule has 0 saturated carbocycles. The Bertz CT molecular complexity index is 823. The Morgan fingerprint density at radius 3 is 2.32 bits per heavy atom. The third kappa shape index (κ3) is 7.02. The van der Waals surface area contributed by atoms with Crippen LogP contribution in [0.3, 0.4) is 0 Å². The van der Waals surface area contributed by atoms with Crippen LogP contribution in [0.2, 0.25) is 0 Å². The van der Waals surface area contributed by atoms with Gasteiger partial charge in [-0.05, 0) is 52.3 Å². The van der Waals surface area contributed by atoms with Crippen LogP contribution in [0, 0.1) is 0 Å². The first-order valence-electron chi connectivity index (χ1n) is 12.2. The van der Waals surface area contributed by atoms with E-state index in [1.54, 1.807) is 12.0 Å². The van der Waals surface area contributed by atoms with Crippen LogP contribution < -0.4 is 9.64 Å². The van der Waals surface area contributed by atoms with Crippen molar-refractivity contribution in [1.29, 1.82) is 0 Å². The standard InChI is InChI=1S/C25H41N4O4S/c1-25(2,3)34(5)33-19-18-28-20-23(30)29(24(28)31)13-9-8-12-26-14-16-27(17-15-26)21-10-6-7-11-22(21)32-4/h6-7,10-11H,8-9,12-20H2,1-5H3/q+1. The number of rotatable bonds is 11. The Morgan fingerprint density at radius 1 is 0.971 bits per heavy atom. The smallest absolute Gasteiger partial charge is 0.327 e. The van der Waals surface area contributed by atoms with Crippen LogP contribution in [0.4, 0.5) is 10.5 Å². The van der Waals surface area contributed by atoms with Gasteiger partial charge in [0.2, 0.25) is 5.91 Å². The van der Waals surface area contributed by atoms with Crippen molar-refractivity contribution in [2.24, 2.45) is 0 Å². The van der Waals surface area contributed by atoms with E-state index >= 15 is 0 Å². The van der Waals surface area contributed by atoms with E-state index in [-0.39, 0.29) is 34.4 Å². The quantitative estimate of drug-likeness (QED) is 0.268. The number of hydrogen-bond donors (Lipinski definition) is 0. The van der Waals surface area contributed by atoms with Gasteiger partial charge in [0, 0.05) is 32.7 Å². The van der Waals surface area contributed by atoms with E-state index in [1.165, 1.54) is 4.90 Å². The van der Waals surface area contributed by atoms with Crippen LogP contribution >= 0.6 is 0 Å². The van der Waals surface area contributed by atoms with Crippen molar-refractivity contribution in [3.05, 3.63) is 24.3 Å². The number of para-hydroxylation sites is 2. The van der Waals surface area contributed by atoms with Gasteiger partial charge in [-0.2, -0.15) is 4.18 Å². The van der Waals surface area contributed by atoms with Gasteiger partial charge in [0.05, 0.1) is 19.3 Å². The molecule has 0 spiro atoms. The number of methoxy groups -OCH3 is 1. The second kappa shape index (κ2) is 12.1. The highest BCUT2D eigenvalue weighted by Crippen LogP contribution is 2.28. The van der Waals surface area contributed by atoms with E-state index in [2.05, 4.69) is 42.9 Å². The lowest BCUT2D eigenvalue weighted by molar-refractivity contribution is -0.125. The van der Waals surface area contributed by atoms with Gasteiger partial charge in [-0.1, -0.05) is 12.1 Å². The number of imide groups is 1. The largest absolute Gasteiger partial charge is 0.495 e. The highest BCUT2D eigenvalue weighted by molar-refractivity contribution is 7.93. The number of urea groups is 1. The van der Waals surface area contributed by atoms with Crippen molar-refractivity contribution in [1.82, 2.24) is 14.7 Å². The summed E-state index contributed by atoms with van der Waals surface area (Å²) in [5, 5.41) is 0. The second-order valence-electron chi connectivity index (χ2n) is 9.85. The number of piperazine rings is 1. The molecule has 0 radical (unpaired) electrons. The average Bonchev–Trinajstić information content (AvgIpc) is 3.09. The Balaban J connectivity index is 1.33. The zero-order valence-electron chi connectivity index (χ0n) is 21.4. The van der Waals surface area contributed by atoms with Crippen molar-refractivity contribution < 1.29 is 18.5 Å². The van der Waals surface area contributed by atoms with Crippen LogP contribution in [-0.2, 0) is 20.2 Å². The summed E-state index contributed by atoms with van der Waals surface area (Å²) in [4.78, 5) is 32.9. The molecule has 2 saturated heterocycles. The van der Waals surface area contributed by atoms with Gasteiger partial charge in [0.15, 0.2) is 4.75 Å². The summed E-state index contributed by atoms with van der Waals surface area (Å²) >= 11 is -0.190. The van der Waals surface area contributed by atoms with E-state index in [9.17, 15) is 9.59 Å². The molecule has 1 atom stereocenters. The molecule has 0 N–H and O–H groups in total. The third-order valence-electron chi connectivity index (χ3n) is 6.52. The van der Waals surface area contributed by atoms with E-state index in [1.807, 2.05) is 18.2 Å². The summed E-state index contributed by atoms with van der Waals surface area (Å²) in [6, 6.07) is 7.98. The number of amides is 3. The summed E-state index contributed by atoms with van der Waals surface area (Å²) in [5.41, 5.74) is 1.15. The molecule has 8 nitrogen and oxygen atoms in total. The fraction of sp³-hybridized carbons (Fsp3) is 0.680. The molecule has 2 heterocycles. The van der Waals surface area contributed by atoms with Gasteiger partial charge in [0.25, 0.3) is 0 Å². The number of carbonyl (C=O) groups excluding carboxylic acids is 2. The molecule has 1 unspecified atom stereocenters. The highest BCUT2D eigenvalue weighted by atomic mass is 32.2. The normalized spacial score (nSPS) is 18.7.